The van der Waals surface area contributed by atoms with Gasteiger partial charge in [-0.15, -0.1) is 10.2 Å². The van der Waals surface area contributed by atoms with Gasteiger partial charge in [0.15, 0.2) is 17.3 Å². The lowest BCUT2D eigenvalue weighted by molar-refractivity contribution is 0.264. The van der Waals surface area contributed by atoms with Gasteiger partial charge in [-0.05, 0) is 41.5 Å². The van der Waals surface area contributed by atoms with E-state index >= 15 is 0 Å². The molecule has 4 rings (SSSR count). The molecule has 0 amide bonds. The highest BCUT2D eigenvalue weighted by Gasteiger charge is 2.37. The summed E-state index contributed by atoms with van der Waals surface area (Å²) in [6, 6.07) is 14.7. The minimum Gasteiger partial charge on any atom is -0.388 e. The van der Waals surface area contributed by atoms with E-state index in [0.717, 1.165) is 37.3 Å². The van der Waals surface area contributed by atoms with Crippen molar-refractivity contribution in [2.75, 3.05) is 18.0 Å². The second kappa shape index (κ2) is 8.08. The lowest BCUT2D eigenvalue weighted by Crippen LogP contribution is -2.42. The molecule has 3 aromatic rings. The van der Waals surface area contributed by atoms with E-state index in [1.54, 1.807) is 6.07 Å². The summed E-state index contributed by atoms with van der Waals surface area (Å²) in [4.78, 5) is 6.19. The van der Waals surface area contributed by atoms with E-state index in [0.29, 0.717) is 5.69 Å². The first kappa shape index (κ1) is 20.9. The minimum absolute atomic E-state index is 0.0907. The fraction of sp³-hybridized carbons (Fsp3) is 0.435. The molecule has 1 aliphatic heterocycles. The van der Waals surface area contributed by atoms with E-state index < -0.39 is 5.41 Å². The van der Waals surface area contributed by atoms with Gasteiger partial charge in [0.1, 0.15) is 6.61 Å². The average Bonchev–Trinajstić information content (AvgIpc) is 3.28. The van der Waals surface area contributed by atoms with Crippen molar-refractivity contribution in [3.63, 3.8) is 0 Å². The highest BCUT2D eigenvalue weighted by atomic mass is 16.5. The Balaban J connectivity index is 1.46. The number of nitriles is 1. The van der Waals surface area contributed by atoms with Crippen LogP contribution < -0.4 is 4.90 Å². The molecule has 1 saturated heterocycles. The molecule has 1 fully saturated rings. The number of hydrogen-bond donors (Lipinski definition) is 1. The molecule has 0 aliphatic carbocycles. The summed E-state index contributed by atoms with van der Waals surface area (Å²) >= 11 is 0. The summed E-state index contributed by atoms with van der Waals surface area (Å²) < 4.78 is 5.07. The summed E-state index contributed by atoms with van der Waals surface area (Å²) in [5.74, 6) is 1.18. The molecule has 1 aromatic carbocycles. The molecule has 1 N–H and O–H groups in total. The molecule has 31 heavy (non-hydrogen) atoms. The van der Waals surface area contributed by atoms with Gasteiger partial charge in [-0.1, -0.05) is 50.2 Å². The normalized spacial score (nSPS) is 16.2. The zero-order valence-electron chi connectivity index (χ0n) is 18.0. The molecule has 160 valence electrons. The van der Waals surface area contributed by atoms with Crippen molar-refractivity contribution in [2.45, 2.75) is 51.0 Å². The largest absolute Gasteiger partial charge is 0.388 e. The van der Waals surface area contributed by atoms with Crippen molar-refractivity contribution in [1.82, 2.24) is 20.3 Å². The van der Waals surface area contributed by atoms with Crippen LogP contribution >= 0.6 is 0 Å². The fourth-order valence-corrected chi connectivity index (χ4v) is 3.90. The molecular formula is C23H26N6O2. The SMILES string of the molecule is CC(C)(C)c1ccc(C2(C#N)CCN(c3ccc(-c4nc(CO)no4)nn3)CC2)cc1. The molecule has 0 spiro atoms. The molecule has 0 radical (unpaired) electrons. The maximum absolute atomic E-state index is 10.0. The average molecular weight is 419 g/mol. The molecule has 1 aliphatic rings. The van der Waals surface area contributed by atoms with Crippen LogP contribution in [0.4, 0.5) is 5.82 Å². The van der Waals surface area contributed by atoms with Crippen molar-refractivity contribution in [3.05, 3.63) is 53.3 Å². The van der Waals surface area contributed by atoms with Crippen LogP contribution in [0.5, 0.6) is 0 Å². The van der Waals surface area contributed by atoms with E-state index in [1.165, 1.54) is 5.56 Å². The van der Waals surface area contributed by atoms with Gasteiger partial charge >= 0.3 is 0 Å². The van der Waals surface area contributed by atoms with Crippen molar-refractivity contribution >= 4 is 5.82 Å². The van der Waals surface area contributed by atoms with Gasteiger partial charge in [0.05, 0.1) is 11.5 Å². The predicted molar refractivity (Wildman–Crippen MR) is 115 cm³/mol. The van der Waals surface area contributed by atoms with E-state index in [2.05, 4.69) is 76.3 Å². The smallest absolute Gasteiger partial charge is 0.278 e. The third kappa shape index (κ3) is 4.14. The van der Waals surface area contributed by atoms with Gasteiger partial charge in [0, 0.05) is 13.1 Å². The van der Waals surface area contributed by atoms with Crippen molar-refractivity contribution in [1.29, 1.82) is 5.26 Å². The number of anilines is 1. The topological polar surface area (TPSA) is 112 Å². The number of rotatable bonds is 4. The Hall–Kier alpha value is -3.31. The molecule has 8 nitrogen and oxygen atoms in total. The Bertz CT molecular complexity index is 1070. The van der Waals surface area contributed by atoms with Crippen LogP contribution in [0.15, 0.2) is 40.9 Å². The highest BCUT2D eigenvalue weighted by Crippen LogP contribution is 2.37. The third-order valence-corrected chi connectivity index (χ3v) is 5.94. The molecule has 0 unspecified atom stereocenters. The second-order valence-corrected chi connectivity index (χ2v) is 8.96. The first-order valence-electron chi connectivity index (χ1n) is 10.4. The Morgan fingerprint density at radius 2 is 1.81 bits per heavy atom. The van der Waals surface area contributed by atoms with Crippen LogP contribution in [-0.4, -0.2) is 38.5 Å². The third-order valence-electron chi connectivity index (χ3n) is 5.94. The maximum atomic E-state index is 10.0. The van der Waals surface area contributed by atoms with E-state index in [-0.39, 0.29) is 23.7 Å². The van der Waals surface area contributed by atoms with E-state index in [4.69, 9.17) is 9.63 Å². The first-order chi connectivity index (χ1) is 14.8. The number of aliphatic hydroxyl groups excluding tert-OH is 1. The summed E-state index contributed by atoms with van der Waals surface area (Å²) in [5, 5.41) is 31.2. The van der Waals surface area contributed by atoms with Crippen LogP contribution in [0.2, 0.25) is 0 Å². The van der Waals surface area contributed by atoms with Crippen molar-refractivity contribution in [2.24, 2.45) is 0 Å². The Morgan fingerprint density at radius 3 is 2.32 bits per heavy atom. The zero-order valence-corrected chi connectivity index (χ0v) is 18.0. The Kier molecular flexibility index (Phi) is 5.46. The van der Waals surface area contributed by atoms with Gasteiger partial charge in [0.25, 0.3) is 5.89 Å². The van der Waals surface area contributed by atoms with Gasteiger partial charge in [-0.2, -0.15) is 10.2 Å². The quantitative estimate of drug-likeness (QED) is 0.686. The Morgan fingerprint density at radius 1 is 1.10 bits per heavy atom. The molecule has 3 heterocycles. The van der Waals surface area contributed by atoms with Crippen LogP contribution in [0.3, 0.4) is 0 Å². The van der Waals surface area contributed by atoms with Gasteiger partial charge in [-0.25, -0.2) is 0 Å². The number of nitrogens with zero attached hydrogens (tertiary/aromatic N) is 6. The van der Waals surface area contributed by atoms with Gasteiger partial charge in [-0.3, -0.25) is 0 Å². The van der Waals surface area contributed by atoms with E-state index in [1.807, 2.05) is 6.07 Å². The van der Waals surface area contributed by atoms with Crippen LogP contribution in [0, 0.1) is 11.3 Å². The van der Waals surface area contributed by atoms with E-state index in [9.17, 15) is 5.26 Å². The van der Waals surface area contributed by atoms with Crippen molar-refractivity contribution < 1.29 is 9.63 Å². The number of piperidine rings is 1. The van der Waals surface area contributed by atoms with Crippen LogP contribution in [0.1, 0.15) is 50.6 Å². The molecular weight excluding hydrogens is 392 g/mol. The predicted octanol–water partition coefficient (Wildman–Crippen LogP) is 3.38. The number of benzene rings is 1. The zero-order chi connectivity index (χ0) is 22.1. The minimum atomic E-state index is -0.481. The number of hydrogen-bond acceptors (Lipinski definition) is 8. The molecule has 0 atom stereocenters. The lowest BCUT2D eigenvalue weighted by atomic mass is 9.73. The monoisotopic (exact) mass is 418 g/mol. The molecule has 2 aromatic heterocycles. The van der Waals surface area contributed by atoms with Gasteiger partial charge in [0.2, 0.25) is 0 Å². The number of aliphatic hydroxyl groups is 1. The van der Waals surface area contributed by atoms with Crippen LogP contribution in [-0.2, 0) is 17.4 Å². The standard InChI is InChI=1S/C23H26N6O2/c1-22(2,3)16-4-6-17(7-5-16)23(15-24)10-12-29(13-11-23)20-9-8-18(26-27-20)21-25-19(14-30)28-31-21/h4-9,30H,10-14H2,1-3H3. The fourth-order valence-electron chi connectivity index (χ4n) is 3.90. The molecule has 0 bridgehead atoms. The first-order valence-corrected chi connectivity index (χ1v) is 10.4. The summed E-state index contributed by atoms with van der Waals surface area (Å²) in [6.45, 7) is 7.72. The molecule has 8 heteroatoms. The maximum Gasteiger partial charge on any atom is 0.278 e. The summed E-state index contributed by atoms with van der Waals surface area (Å²) in [5.41, 5.74) is 2.42. The second-order valence-electron chi connectivity index (χ2n) is 8.96. The van der Waals surface area contributed by atoms with Crippen LogP contribution in [0.25, 0.3) is 11.6 Å². The highest BCUT2D eigenvalue weighted by molar-refractivity contribution is 5.50. The summed E-state index contributed by atoms with van der Waals surface area (Å²) in [6.07, 6.45) is 1.45. The van der Waals surface area contributed by atoms with Gasteiger partial charge < -0.3 is 14.5 Å². The Labute approximate surface area is 181 Å². The molecule has 0 saturated carbocycles. The number of aromatic nitrogens is 4. The van der Waals surface area contributed by atoms with Crippen molar-refractivity contribution in [3.8, 4) is 17.7 Å². The lowest BCUT2D eigenvalue weighted by Gasteiger charge is -2.38. The summed E-state index contributed by atoms with van der Waals surface area (Å²) in [7, 11) is 0.